The van der Waals surface area contributed by atoms with Crippen LogP contribution >= 0.6 is 11.3 Å². The Labute approximate surface area is 211 Å². The van der Waals surface area contributed by atoms with Crippen molar-refractivity contribution in [1.82, 2.24) is 5.01 Å². The summed E-state index contributed by atoms with van der Waals surface area (Å²) >= 11 is 1.49. The van der Waals surface area contributed by atoms with E-state index in [4.69, 9.17) is 9.84 Å². The van der Waals surface area contributed by atoms with Gasteiger partial charge in [-0.05, 0) is 88.7 Å². The van der Waals surface area contributed by atoms with Crippen molar-refractivity contribution in [2.75, 3.05) is 6.61 Å². The van der Waals surface area contributed by atoms with Gasteiger partial charge in [-0.1, -0.05) is 24.3 Å². The van der Waals surface area contributed by atoms with E-state index in [9.17, 15) is 18.4 Å². The number of esters is 1. The zero-order valence-electron chi connectivity index (χ0n) is 19.4. The van der Waals surface area contributed by atoms with Crippen molar-refractivity contribution in [2.24, 2.45) is 11.0 Å². The molecule has 0 saturated heterocycles. The quantitative estimate of drug-likeness (QED) is 0.389. The van der Waals surface area contributed by atoms with Crippen LogP contribution in [0.2, 0.25) is 0 Å². The molecule has 2 heterocycles. The number of rotatable bonds is 6. The summed E-state index contributed by atoms with van der Waals surface area (Å²) in [6, 6.07) is 13.7. The molecule has 0 unspecified atom stereocenters. The molecule has 2 atom stereocenters. The first kappa shape index (κ1) is 24.1. The van der Waals surface area contributed by atoms with Crippen molar-refractivity contribution in [1.29, 1.82) is 0 Å². The topological polar surface area (TPSA) is 59.0 Å². The lowest BCUT2D eigenvalue weighted by atomic mass is 9.77. The smallest absolute Gasteiger partial charge is 0.310 e. The van der Waals surface area contributed by atoms with Crippen molar-refractivity contribution in [3.05, 3.63) is 99.3 Å². The number of amides is 1. The van der Waals surface area contributed by atoms with Gasteiger partial charge in [0, 0.05) is 5.92 Å². The van der Waals surface area contributed by atoms with E-state index in [1.165, 1.54) is 40.6 Å². The number of nitrogens with zero attached hydrogens (tertiary/aromatic N) is 2. The zero-order valence-corrected chi connectivity index (χ0v) is 20.2. The Morgan fingerprint density at radius 1 is 1.06 bits per heavy atom. The predicted molar refractivity (Wildman–Crippen MR) is 134 cm³/mol. The molecule has 0 radical (unpaired) electrons. The minimum Gasteiger partial charge on any atom is -0.455 e. The third-order valence-electron chi connectivity index (χ3n) is 6.46. The molecule has 1 fully saturated rings. The molecule has 1 amide bonds. The molecule has 1 saturated carbocycles. The van der Waals surface area contributed by atoms with Crippen molar-refractivity contribution >= 4 is 35.0 Å². The van der Waals surface area contributed by atoms with Gasteiger partial charge in [0.2, 0.25) is 0 Å². The number of halogens is 2. The molecule has 0 spiro atoms. The monoisotopic (exact) mass is 506 g/mol. The normalized spacial score (nSPS) is 20.2. The second-order valence-electron chi connectivity index (χ2n) is 8.91. The van der Waals surface area contributed by atoms with E-state index < -0.39 is 24.5 Å². The van der Waals surface area contributed by atoms with Crippen LogP contribution in [0, 0.1) is 17.6 Å². The second kappa shape index (κ2) is 10.5. The minimum absolute atomic E-state index is 0.0821. The Kier molecular flexibility index (Phi) is 7.04. The number of allylic oxidation sites excluding steroid dienone is 1. The number of ether oxygens (including phenoxy) is 1. The van der Waals surface area contributed by atoms with Crippen LogP contribution in [-0.4, -0.2) is 29.2 Å². The van der Waals surface area contributed by atoms with Gasteiger partial charge in [0.05, 0.1) is 18.2 Å². The summed E-state index contributed by atoms with van der Waals surface area (Å²) in [6.07, 6.45) is 4.55. The molecular formula is C28H24F2N2O3S. The van der Waals surface area contributed by atoms with E-state index in [0.717, 1.165) is 47.2 Å². The first-order valence-electron chi connectivity index (χ1n) is 11.8. The third-order valence-corrected chi connectivity index (χ3v) is 7.20. The summed E-state index contributed by atoms with van der Waals surface area (Å²) in [5.74, 6) is -1.68. The van der Waals surface area contributed by atoms with Crippen LogP contribution in [0.3, 0.4) is 0 Å². The summed E-state index contributed by atoms with van der Waals surface area (Å²) in [6.45, 7) is -0.429. The van der Waals surface area contributed by atoms with Gasteiger partial charge >= 0.3 is 5.97 Å². The lowest BCUT2D eigenvalue weighted by Gasteiger charge is -2.29. The van der Waals surface area contributed by atoms with Gasteiger partial charge < -0.3 is 4.74 Å². The third kappa shape index (κ3) is 5.28. The average molecular weight is 507 g/mol. The van der Waals surface area contributed by atoms with Gasteiger partial charge in [-0.3, -0.25) is 9.59 Å². The average Bonchev–Trinajstić information content (AvgIpc) is 3.53. The Bertz CT molecular complexity index is 1300. The fraction of sp³-hybridized carbons (Fsp3) is 0.250. The summed E-state index contributed by atoms with van der Waals surface area (Å²) in [5, 5.41) is 9.83. The van der Waals surface area contributed by atoms with Crippen LogP contribution in [0.4, 0.5) is 8.78 Å². The molecule has 1 aliphatic heterocycles. The number of hydrazone groups is 1. The van der Waals surface area contributed by atoms with Gasteiger partial charge in [-0.15, -0.1) is 0 Å². The lowest BCUT2D eigenvalue weighted by Crippen LogP contribution is -2.34. The summed E-state index contributed by atoms with van der Waals surface area (Å²) in [5.41, 5.74) is 4.22. The van der Waals surface area contributed by atoms with E-state index in [1.807, 2.05) is 22.9 Å². The fourth-order valence-electron chi connectivity index (χ4n) is 4.78. The molecule has 2 aliphatic rings. The van der Waals surface area contributed by atoms with E-state index in [-0.39, 0.29) is 24.0 Å². The number of carbonyl (C=O) groups is 2. The Balaban J connectivity index is 1.41. The highest BCUT2D eigenvalue weighted by Crippen LogP contribution is 2.44. The Morgan fingerprint density at radius 3 is 2.47 bits per heavy atom. The highest BCUT2D eigenvalue weighted by molar-refractivity contribution is 7.08. The van der Waals surface area contributed by atoms with Gasteiger partial charge in [0.1, 0.15) is 11.6 Å². The van der Waals surface area contributed by atoms with Crippen molar-refractivity contribution < 1.29 is 23.1 Å². The summed E-state index contributed by atoms with van der Waals surface area (Å²) < 4.78 is 32.3. The van der Waals surface area contributed by atoms with Crippen LogP contribution in [-0.2, 0) is 20.7 Å². The predicted octanol–water partition coefficient (Wildman–Crippen LogP) is 5.94. The molecule has 1 aliphatic carbocycles. The molecule has 5 rings (SSSR count). The summed E-state index contributed by atoms with van der Waals surface area (Å²) in [4.78, 5) is 25.5. The minimum atomic E-state index is -0.485. The maximum absolute atomic E-state index is 13.7. The second-order valence-corrected chi connectivity index (χ2v) is 9.69. The van der Waals surface area contributed by atoms with E-state index in [2.05, 4.69) is 0 Å². The fourth-order valence-corrected chi connectivity index (χ4v) is 5.45. The first-order valence-corrected chi connectivity index (χ1v) is 12.7. The molecule has 2 aromatic carbocycles. The van der Waals surface area contributed by atoms with Crippen LogP contribution in [0.15, 0.2) is 76.0 Å². The molecule has 36 heavy (non-hydrogen) atoms. The van der Waals surface area contributed by atoms with Gasteiger partial charge in [0.15, 0.2) is 6.61 Å². The van der Waals surface area contributed by atoms with Gasteiger partial charge in [-0.2, -0.15) is 16.4 Å². The molecule has 0 bridgehead atoms. The SMILES string of the molecule is O=C(Cc1ccsc1)OCC(=O)N1N=C2/C(=C\c3ccc(F)cc3)CCC[C@H]2[C@H]1c1ccc(F)cc1. The van der Waals surface area contributed by atoms with Crippen LogP contribution in [0.5, 0.6) is 0 Å². The van der Waals surface area contributed by atoms with E-state index in [1.54, 1.807) is 24.3 Å². The number of benzene rings is 2. The Hall–Kier alpha value is -3.65. The number of carbonyl (C=O) groups excluding carboxylic acids is 2. The molecule has 0 N–H and O–H groups in total. The van der Waals surface area contributed by atoms with Crippen LogP contribution in [0.1, 0.15) is 42.0 Å². The molecule has 3 aromatic rings. The van der Waals surface area contributed by atoms with Gasteiger partial charge in [0.25, 0.3) is 5.91 Å². The number of fused-ring (bicyclic) bond motifs is 1. The first-order chi connectivity index (χ1) is 17.5. The maximum Gasteiger partial charge on any atom is 0.310 e. The molecule has 8 heteroatoms. The van der Waals surface area contributed by atoms with E-state index >= 15 is 0 Å². The highest BCUT2D eigenvalue weighted by atomic mass is 32.1. The lowest BCUT2D eigenvalue weighted by molar-refractivity contribution is -0.152. The number of thiophene rings is 1. The standard InChI is InChI=1S/C28H24F2N2O3S/c29-22-8-4-18(5-9-22)14-21-2-1-3-24-27(21)31-32(28(24)20-6-10-23(30)11-7-20)25(33)16-35-26(34)15-19-12-13-36-17-19/h4-14,17,24,28H,1-3,15-16H2/b21-14-/t24-,28-/m1/s1. The van der Waals surface area contributed by atoms with E-state index in [0.29, 0.717) is 0 Å². The molecule has 1 aromatic heterocycles. The largest absolute Gasteiger partial charge is 0.455 e. The molecular weight excluding hydrogens is 482 g/mol. The highest BCUT2D eigenvalue weighted by Gasteiger charge is 2.43. The van der Waals surface area contributed by atoms with Crippen LogP contribution in [0.25, 0.3) is 6.08 Å². The summed E-state index contributed by atoms with van der Waals surface area (Å²) in [7, 11) is 0. The van der Waals surface area contributed by atoms with Gasteiger partial charge in [-0.25, -0.2) is 13.8 Å². The number of hydrogen-bond donors (Lipinski definition) is 0. The van der Waals surface area contributed by atoms with Crippen LogP contribution < -0.4 is 0 Å². The van der Waals surface area contributed by atoms with Crippen molar-refractivity contribution in [3.63, 3.8) is 0 Å². The Morgan fingerprint density at radius 2 is 1.78 bits per heavy atom. The van der Waals surface area contributed by atoms with Crippen molar-refractivity contribution in [2.45, 2.75) is 31.7 Å². The maximum atomic E-state index is 13.7. The zero-order chi connectivity index (χ0) is 25.1. The molecule has 184 valence electrons. The molecule has 5 nitrogen and oxygen atoms in total. The number of hydrogen-bond acceptors (Lipinski definition) is 5. The van der Waals surface area contributed by atoms with Crippen molar-refractivity contribution in [3.8, 4) is 0 Å².